The van der Waals surface area contributed by atoms with Crippen molar-refractivity contribution in [1.82, 2.24) is 0 Å². The Morgan fingerprint density at radius 1 is 0.886 bits per heavy atom. The van der Waals surface area contributed by atoms with E-state index in [1.807, 2.05) is 6.92 Å². The van der Waals surface area contributed by atoms with Gasteiger partial charge >= 0.3 is 0 Å². The first-order valence-electron chi connectivity index (χ1n) is 10.3. The van der Waals surface area contributed by atoms with E-state index in [1.54, 1.807) is 36.4 Å². The topological polar surface area (TPSA) is 78.5 Å². The molecule has 3 aromatic carbocycles. The van der Waals surface area contributed by atoms with E-state index in [0.717, 1.165) is 10.5 Å². The van der Waals surface area contributed by atoms with E-state index in [2.05, 4.69) is 10.6 Å². The lowest BCUT2D eigenvalue weighted by Gasteiger charge is -2.16. The maximum Gasteiger partial charge on any atom is 0.283 e. The number of anilines is 3. The number of carbonyl (C=O) groups is 3. The Balaban J connectivity index is 1.42. The highest BCUT2D eigenvalue weighted by atomic mass is 35.5. The van der Waals surface area contributed by atoms with Crippen LogP contribution in [-0.4, -0.2) is 17.7 Å². The summed E-state index contributed by atoms with van der Waals surface area (Å²) in [5.41, 5.74) is 2.62. The molecule has 3 amide bonds. The summed E-state index contributed by atoms with van der Waals surface area (Å²) in [5, 5.41) is 5.62. The van der Waals surface area contributed by atoms with E-state index in [-0.39, 0.29) is 28.1 Å². The van der Waals surface area contributed by atoms with Crippen LogP contribution in [0.5, 0.6) is 0 Å². The second-order valence-electron chi connectivity index (χ2n) is 7.74. The van der Waals surface area contributed by atoms with Crippen LogP contribution in [0.15, 0.2) is 71.4 Å². The molecule has 0 bridgehead atoms. The average molecular weight is 533 g/mol. The quantitative estimate of drug-likeness (QED) is 0.379. The van der Waals surface area contributed by atoms with Gasteiger partial charge in [0.05, 0.1) is 17.1 Å². The molecular weight excluding hydrogens is 516 g/mol. The van der Waals surface area contributed by atoms with Crippen molar-refractivity contribution >= 4 is 69.6 Å². The molecule has 0 aromatic heterocycles. The molecule has 6 nitrogen and oxygen atoms in total. The van der Waals surface area contributed by atoms with Crippen molar-refractivity contribution in [2.24, 2.45) is 0 Å². The number of benzene rings is 3. The zero-order valence-electron chi connectivity index (χ0n) is 18.2. The molecule has 0 aliphatic carbocycles. The van der Waals surface area contributed by atoms with Gasteiger partial charge in [0.25, 0.3) is 11.8 Å². The Morgan fingerprint density at radius 3 is 2.23 bits per heavy atom. The summed E-state index contributed by atoms with van der Waals surface area (Å²) in [7, 11) is 0. The maximum atomic E-state index is 13.3. The minimum absolute atomic E-state index is 0.0537. The number of nitrogens with zero attached hydrogens (tertiary/aromatic N) is 1. The molecule has 0 radical (unpaired) electrons. The third-order valence-corrected chi connectivity index (χ3v) is 6.28. The van der Waals surface area contributed by atoms with Crippen molar-refractivity contribution in [3.8, 4) is 0 Å². The van der Waals surface area contributed by atoms with Gasteiger partial charge in [-0.15, -0.1) is 0 Å². The van der Waals surface area contributed by atoms with Gasteiger partial charge < -0.3 is 10.6 Å². The normalized spacial score (nSPS) is 13.5. The lowest BCUT2D eigenvalue weighted by atomic mass is 10.1. The molecular formula is C25H17Cl3FN3O3. The van der Waals surface area contributed by atoms with Gasteiger partial charge in [0.2, 0.25) is 5.91 Å². The van der Waals surface area contributed by atoms with Gasteiger partial charge in [-0.1, -0.05) is 53.0 Å². The zero-order chi connectivity index (χ0) is 25.3. The SMILES string of the molecule is Cc1ccc(N2C(=O)C(Cl)=C(Nc3ccc(CC(=O)Nc4ccc(F)c(Cl)c4)cc3)C2=O)cc1Cl. The standard InChI is InChI=1S/C25H17Cl3FN3O3/c1-13-2-8-17(12-18(13)26)32-24(34)22(28)23(25(32)35)31-15-5-3-14(4-6-15)10-21(33)30-16-7-9-20(29)19(27)11-16/h2-9,11-12,31H,10H2,1H3,(H,30,33). The first-order valence-corrected chi connectivity index (χ1v) is 11.4. The van der Waals surface area contributed by atoms with Crippen molar-refractivity contribution in [2.45, 2.75) is 13.3 Å². The lowest BCUT2D eigenvalue weighted by Crippen LogP contribution is -2.32. The fourth-order valence-electron chi connectivity index (χ4n) is 3.38. The van der Waals surface area contributed by atoms with Crippen LogP contribution in [0.3, 0.4) is 0 Å². The number of aryl methyl sites for hydroxylation is 1. The predicted octanol–water partition coefficient (Wildman–Crippen LogP) is 6.06. The van der Waals surface area contributed by atoms with Crippen LogP contribution in [0.25, 0.3) is 0 Å². The molecule has 1 aliphatic rings. The van der Waals surface area contributed by atoms with Gasteiger partial charge in [-0.25, -0.2) is 9.29 Å². The number of imide groups is 1. The summed E-state index contributed by atoms with van der Waals surface area (Å²) in [6, 6.07) is 15.4. The Bertz CT molecular complexity index is 1390. The van der Waals surface area contributed by atoms with Crippen LogP contribution in [-0.2, 0) is 20.8 Å². The van der Waals surface area contributed by atoms with Crippen LogP contribution in [0.2, 0.25) is 10.0 Å². The Labute approximate surface area is 215 Å². The molecule has 35 heavy (non-hydrogen) atoms. The Kier molecular flexibility index (Phi) is 7.12. The van der Waals surface area contributed by atoms with E-state index in [9.17, 15) is 18.8 Å². The Morgan fingerprint density at radius 2 is 1.57 bits per heavy atom. The molecule has 0 atom stereocenters. The molecule has 3 aromatic rings. The smallest absolute Gasteiger partial charge is 0.283 e. The van der Waals surface area contributed by atoms with Gasteiger partial charge in [0.1, 0.15) is 16.5 Å². The molecule has 0 unspecified atom stereocenters. The first-order chi connectivity index (χ1) is 16.6. The summed E-state index contributed by atoms with van der Waals surface area (Å²) in [4.78, 5) is 38.8. The molecule has 1 aliphatic heterocycles. The number of hydrogen-bond acceptors (Lipinski definition) is 4. The van der Waals surface area contributed by atoms with E-state index in [4.69, 9.17) is 34.8 Å². The molecule has 4 rings (SSSR count). The molecule has 178 valence electrons. The number of halogens is 4. The minimum Gasteiger partial charge on any atom is -0.350 e. The molecule has 0 saturated carbocycles. The molecule has 10 heteroatoms. The van der Waals surface area contributed by atoms with Gasteiger partial charge in [-0.3, -0.25) is 14.4 Å². The largest absolute Gasteiger partial charge is 0.350 e. The predicted molar refractivity (Wildman–Crippen MR) is 135 cm³/mol. The molecule has 2 N–H and O–H groups in total. The number of nitrogens with one attached hydrogen (secondary N) is 2. The zero-order valence-corrected chi connectivity index (χ0v) is 20.4. The highest BCUT2D eigenvalue weighted by molar-refractivity contribution is 6.53. The highest BCUT2D eigenvalue weighted by Crippen LogP contribution is 2.32. The number of rotatable bonds is 6. The fraction of sp³-hybridized carbons (Fsp3) is 0.0800. The van der Waals surface area contributed by atoms with Crippen LogP contribution in [0.4, 0.5) is 21.5 Å². The molecule has 0 spiro atoms. The average Bonchev–Trinajstić information content (AvgIpc) is 3.02. The second-order valence-corrected chi connectivity index (χ2v) is 8.94. The number of hydrogen-bond donors (Lipinski definition) is 2. The third-order valence-electron chi connectivity index (χ3n) is 5.23. The minimum atomic E-state index is -0.659. The van der Waals surface area contributed by atoms with Gasteiger partial charge in [0, 0.05) is 16.4 Å². The van der Waals surface area contributed by atoms with Crippen LogP contribution >= 0.6 is 34.8 Å². The summed E-state index contributed by atoms with van der Waals surface area (Å²) in [6.07, 6.45) is 0.0537. The van der Waals surface area contributed by atoms with Crippen molar-refractivity contribution in [3.05, 3.63) is 98.4 Å². The number of amides is 3. The monoisotopic (exact) mass is 531 g/mol. The van der Waals surface area contributed by atoms with Crippen LogP contribution in [0.1, 0.15) is 11.1 Å². The molecule has 0 fully saturated rings. The van der Waals surface area contributed by atoms with Gasteiger partial charge in [-0.2, -0.15) is 0 Å². The second kappa shape index (κ2) is 10.1. The maximum absolute atomic E-state index is 13.3. The first kappa shape index (κ1) is 24.7. The summed E-state index contributed by atoms with van der Waals surface area (Å²) in [5.74, 6) is -2.16. The Hall–Kier alpha value is -3.39. The molecule has 0 saturated heterocycles. The van der Waals surface area contributed by atoms with Crippen LogP contribution < -0.4 is 15.5 Å². The third kappa shape index (κ3) is 5.32. The molecule has 1 heterocycles. The lowest BCUT2D eigenvalue weighted by molar-refractivity contribution is -0.120. The summed E-state index contributed by atoms with van der Waals surface area (Å²) < 4.78 is 13.3. The fourth-order valence-corrected chi connectivity index (χ4v) is 3.95. The summed E-state index contributed by atoms with van der Waals surface area (Å²) in [6.45, 7) is 1.81. The van der Waals surface area contributed by atoms with Gasteiger partial charge in [0.15, 0.2) is 0 Å². The van der Waals surface area contributed by atoms with E-state index in [0.29, 0.717) is 27.6 Å². The van der Waals surface area contributed by atoms with Crippen molar-refractivity contribution in [3.63, 3.8) is 0 Å². The van der Waals surface area contributed by atoms with E-state index < -0.39 is 17.6 Å². The van der Waals surface area contributed by atoms with E-state index in [1.165, 1.54) is 24.3 Å². The van der Waals surface area contributed by atoms with Crippen molar-refractivity contribution in [1.29, 1.82) is 0 Å². The van der Waals surface area contributed by atoms with Crippen LogP contribution in [0, 0.1) is 12.7 Å². The van der Waals surface area contributed by atoms with E-state index >= 15 is 0 Å². The highest BCUT2D eigenvalue weighted by Gasteiger charge is 2.39. The van der Waals surface area contributed by atoms with Crippen molar-refractivity contribution < 1.29 is 18.8 Å². The van der Waals surface area contributed by atoms with Crippen molar-refractivity contribution in [2.75, 3.05) is 15.5 Å². The number of carbonyl (C=O) groups excluding carboxylic acids is 3. The van der Waals surface area contributed by atoms with Gasteiger partial charge in [-0.05, 0) is 60.5 Å². The summed E-state index contributed by atoms with van der Waals surface area (Å²) >= 11 is 18.0.